The molecule has 0 N–H and O–H groups in total. The molecular formula is C20H28N2O5. The maximum atomic E-state index is 13.1. The lowest BCUT2D eigenvalue weighted by Crippen LogP contribution is -2.51. The molecule has 2 aliphatic heterocycles. The summed E-state index contributed by atoms with van der Waals surface area (Å²) in [5.41, 5.74) is -0.0456. The summed E-state index contributed by atoms with van der Waals surface area (Å²) in [5, 5.41) is 0. The monoisotopic (exact) mass is 376 g/mol. The Hall–Kier alpha value is -2.44. The molecule has 0 unspecified atom stereocenters. The number of ether oxygens (including phenoxy) is 3. The molecule has 2 amide bonds. The molecule has 1 fully saturated rings. The van der Waals surface area contributed by atoms with Crippen molar-refractivity contribution in [3.63, 3.8) is 0 Å². The predicted molar refractivity (Wildman–Crippen MR) is 100 cm³/mol. The second-order valence-corrected chi connectivity index (χ2v) is 7.97. The summed E-state index contributed by atoms with van der Waals surface area (Å²) in [6.45, 7) is 7.56. The molecule has 3 rings (SSSR count). The number of fused-ring (bicyclic) bond motifs is 1. The van der Waals surface area contributed by atoms with E-state index in [1.807, 2.05) is 20.8 Å². The SMILES string of the molecule is CN(C(=O)c1cccc2c1OCCO2)[C@@H]1CCCN(C(=O)OC(C)(C)C)C1. The first-order valence-electron chi connectivity index (χ1n) is 9.40. The van der Waals surface area contributed by atoms with Gasteiger partial charge < -0.3 is 24.0 Å². The van der Waals surface area contributed by atoms with Crippen LogP contribution in [0, 0.1) is 0 Å². The molecule has 0 aliphatic carbocycles. The van der Waals surface area contributed by atoms with Gasteiger partial charge in [0.25, 0.3) is 5.91 Å². The zero-order chi connectivity index (χ0) is 19.6. The standard InChI is InChI=1S/C20H28N2O5/c1-20(2,3)27-19(24)22-10-6-7-14(13-22)21(4)18(23)15-8-5-9-16-17(15)26-12-11-25-16/h5,8-9,14H,6-7,10-13H2,1-4H3/t14-/m1/s1. The fourth-order valence-corrected chi connectivity index (χ4v) is 3.36. The van der Waals surface area contributed by atoms with Gasteiger partial charge in [0, 0.05) is 26.2 Å². The fourth-order valence-electron chi connectivity index (χ4n) is 3.36. The zero-order valence-electron chi connectivity index (χ0n) is 16.5. The summed E-state index contributed by atoms with van der Waals surface area (Å²) < 4.78 is 16.7. The van der Waals surface area contributed by atoms with Crippen molar-refractivity contribution in [2.75, 3.05) is 33.4 Å². The van der Waals surface area contributed by atoms with Crippen molar-refractivity contribution in [2.24, 2.45) is 0 Å². The molecule has 1 aromatic rings. The van der Waals surface area contributed by atoms with Crippen LogP contribution in [0.1, 0.15) is 44.0 Å². The van der Waals surface area contributed by atoms with E-state index in [2.05, 4.69) is 0 Å². The largest absolute Gasteiger partial charge is 0.486 e. The summed E-state index contributed by atoms with van der Waals surface area (Å²) in [7, 11) is 1.77. The van der Waals surface area contributed by atoms with Crippen molar-refractivity contribution in [3.8, 4) is 11.5 Å². The maximum Gasteiger partial charge on any atom is 0.410 e. The summed E-state index contributed by atoms with van der Waals surface area (Å²) in [6, 6.07) is 5.28. The van der Waals surface area contributed by atoms with E-state index >= 15 is 0 Å². The number of benzene rings is 1. The molecule has 7 heteroatoms. The highest BCUT2D eigenvalue weighted by Gasteiger charge is 2.32. The molecule has 0 radical (unpaired) electrons. The van der Waals surface area contributed by atoms with Crippen LogP contribution in [-0.4, -0.2) is 66.8 Å². The Balaban J connectivity index is 1.71. The highest BCUT2D eigenvalue weighted by atomic mass is 16.6. The summed E-state index contributed by atoms with van der Waals surface area (Å²) >= 11 is 0. The predicted octanol–water partition coefficient (Wildman–Crippen LogP) is 2.93. The van der Waals surface area contributed by atoms with Gasteiger partial charge in [0.15, 0.2) is 11.5 Å². The van der Waals surface area contributed by atoms with Crippen LogP contribution in [0.15, 0.2) is 18.2 Å². The first-order chi connectivity index (χ1) is 12.8. The van der Waals surface area contributed by atoms with Crippen molar-refractivity contribution in [2.45, 2.75) is 45.3 Å². The van der Waals surface area contributed by atoms with E-state index in [-0.39, 0.29) is 18.0 Å². The zero-order valence-corrected chi connectivity index (χ0v) is 16.5. The highest BCUT2D eigenvalue weighted by Crippen LogP contribution is 2.34. The molecule has 1 saturated heterocycles. The van der Waals surface area contributed by atoms with Crippen LogP contribution in [0.4, 0.5) is 4.79 Å². The molecule has 0 spiro atoms. The molecule has 0 aromatic heterocycles. The van der Waals surface area contributed by atoms with Gasteiger partial charge >= 0.3 is 6.09 Å². The second-order valence-electron chi connectivity index (χ2n) is 7.97. The minimum atomic E-state index is -0.536. The summed E-state index contributed by atoms with van der Waals surface area (Å²) in [4.78, 5) is 28.8. The molecule has 148 valence electrons. The van der Waals surface area contributed by atoms with Gasteiger partial charge in [-0.1, -0.05) is 6.07 Å². The van der Waals surface area contributed by atoms with Crippen molar-refractivity contribution in [1.82, 2.24) is 9.80 Å². The maximum absolute atomic E-state index is 13.1. The van der Waals surface area contributed by atoms with Crippen LogP contribution in [0.25, 0.3) is 0 Å². The third-order valence-corrected chi connectivity index (χ3v) is 4.71. The lowest BCUT2D eigenvalue weighted by atomic mass is 10.0. The number of likely N-dealkylation sites (tertiary alicyclic amines) is 1. The number of piperidine rings is 1. The molecule has 7 nitrogen and oxygen atoms in total. The van der Waals surface area contributed by atoms with Gasteiger partial charge in [-0.15, -0.1) is 0 Å². The van der Waals surface area contributed by atoms with Gasteiger partial charge in [-0.25, -0.2) is 4.79 Å². The minimum Gasteiger partial charge on any atom is -0.486 e. The van der Waals surface area contributed by atoms with Crippen LogP contribution < -0.4 is 9.47 Å². The van der Waals surface area contributed by atoms with Crippen molar-refractivity contribution >= 4 is 12.0 Å². The van der Waals surface area contributed by atoms with Crippen LogP contribution >= 0.6 is 0 Å². The van der Waals surface area contributed by atoms with Crippen molar-refractivity contribution < 1.29 is 23.8 Å². The third kappa shape index (κ3) is 4.46. The Morgan fingerprint density at radius 2 is 1.96 bits per heavy atom. The second kappa shape index (κ2) is 7.66. The number of hydrogen-bond acceptors (Lipinski definition) is 5. The first-order valence-corrected chi connectivity index (χ1v) is 9.40. The number of nitrogens with zero attached hydrogens (tertiary/aromatic N) is 2. The van der Waals surface area contributed by atoms with Gasteiger partial charge in [-0.2, -0.15) is 0 Å². The Morgan fingerprint density at radius 1 is 1.22 bits per heavy atom. The number of hydrogen-bond donors (Lipinski definition) is 0. The first kappa shape index (κ1) is 19.3. The Kier molecular flexibility index (Phi) is 5.48. The molecule has 0 saturated carbocycles. The van der Waals surface area contributed by atoms with Crippen LogP contribution in [-0.2, 0) is 4.74 Å². The van der Waals surface area contributed by atoms with Crippen LogP contribution in [0.5, 0.6) is 11.5 Å². The van der Waals surface area contributed by atoms with Gasteiger partial charge in [0.2, 0.25) is 0 Å². The molecule has 27 heavy (non-hydrogen) atoms. The van der Waals surface area contributed by atoms with Crippen LogP contribution in [0.2, 0.25) is 0 Å². The third-order valence-electron chi connectivity index (χ3n) is 4.71. The Labute approximate surface area is 160 Å². The molecule has 2 aliphatic rings. The fraction of sp³-hybridized carbons (Fsp3) is 0.600. The quantitative estimate of drug-likeness (QED) is 0.794. The average Bonchev–Trinajstić information content (AvgIpc) is 2.65. The van der Waals surface area contributed by atoms with Gasteiger partial charge in [-0.05, 0) is 45.7 Å². The molecular weight excluding hydrogens is 348 g/mol. The van der Waals surface area contributed by atoms with Crippen molar-refractivity contribution in [3.05, 3.63) is 23.8 Å². The van der Waals surface area contributed by atoms with E-state index in [0.29, 0.717) is 43.4 Å². The normalized spacial score (nSPS) is 19.4. The van der Waals surface area contributed by atoms with Crippen LogP contribution in [0.3, 0.4) is 0 Å². The van der Waals surface area contributed by atoms with Crippen molar-refractivity contribution in [1.29, 1.82) is 0 Å². The van der Waals surface area contributed by atoms with E-state index in [4.69, 9.17) is 14.2 Å². The number of carbonyl (C=O) groups is 2. The van der Waals surface area contributed by atoms with Gasteiger partial charge in [-0.3, -0.25) is 4.79 Å². The lowest BCUT2D eigenvalue weighted by Gasteiger charge is -2.38. The molecule has 0 bridgehead atoms. The smallest absolute Gasteiger partial charge is 0.410 e. The number of rotatable bonds is 2. The molecule has 1 atom stereocenters. The van der Waals surface area contributed by atoms with E-state index in [1.54, 1.807) is 35.0 Å². The average molecular weight is 376 g/mol. The number of carbonyl (C=O) groups excluding carboxylic acids is 2. The summed E-state index contributed by atoms with van der Waals surface area (Å²) in [5.74, 6) is 0.966. The topological polar surface area (TPSA) is 68.3 Å². The van der Waals surface area contributed by atoms with E-state index in [9.17, 15) is 9.59 Å². The number of amides is 2. The lowest BCUT2D eigenvalue weighted by molar-refractivity contribution is 0.0122. The summed E-state index contributed by atoms with van der Waals surface area (Å²) in [6.07, 6.45) is 1.34. The Morgan fingerprint density at radius 3 is 2.70 bits per heavy atom. The van der Waals surface area contributed by atoms with E-state index in [1.165, 1.54) is 0 Å². The highest BCUT2D eigenvalue weighted by molar-refractivity contribution is 5.98. The number of para-hydroxylation sites is 1. The van der Waals surface area contributed by atoms with E-state index < -0.39 is 5.60 Å². The van der Waals surface area contributed by atoms with E-state index in [0.717, 1.165) is 12.8 Å². The molecule has 2 heterocycles. The minimum absolute atomic E-state index is 0.0702. The number of likely N-dealkylation sites (N-methyl/N-ethyl adjacent to an activating group) is 1. The molecule has 1 aromatic carbocycles. The Bertz CT molecular complexity index is 713. The van der Waals surface area contributed by atoms with Gasteiger partial charge in [0.1, 0.15) is 18.8 Å². The van der Waals surface area contributed by atoms with Gasteiger partial charge in [0.05, 0.1) is 5.56 Å².